The lowest BCUT2D eigenvalue weighted by molar-refractivity contribution is -0.124. The summed E-state index contributed by atoms with van der Waals surface area (Å²) in [7, 11) is 0. The molecule has 0 radical (unpaired) electrons. The van der Waals surface area contributed by atoms with Gasteiger partial charge in [0.05, 0.1) is 18.8 Å². The van der Waals surface area contributed by atoms with Crippen molar-refractivity contribution in [3.05, 3.63) is 12.2 Å². The van der Waals surface area contributed by atoms with Gasteiger partial charge in [-0.05, 0) is 38.5 Å². The summed E-state index contributed by atoms with van der Waals surface area (Å²) in [5, 5.41) is 33.3. The van der Waals surface area contributed by atoms with Gasteiger partial charge in [0, 0.05) is 6.42 Å². The fourth-order valence-corrected chi connectivity index (χ4v) is 7.81. The Kier molecular flexibility index (Phi) is 44.0. The van der Waals surface area contributed by atoms with Gasteiger partial charge in [0.1, 0.15) is 6.10 Å². The summed E-state index contributed by atoms with van der Waals surface area (Å²) < 4.78 is 0. The second-order valence-corrected chi connectivity index (χ2v) is 17.0. The van der Waals surface area contributed by atoms with Gasteiger partial charge in [-0.25, -0.2) is 0 Å². The van der Waals surface area contributed by atoms with E-state index in [1.807, 2.05) is 0 Å². The third kappa shape index (κ3) is 39.3. The Labute approximate surface area is 338 Å². The molecule has 0 saturated carbocycles. The van der Waals surface area contributed by atoms with Gasteiger partial charge in [0.2, 0.25) is 5.91 Å². The van der Waals surface area contributed by atoms with Crippen LogP contribution >= 0.6 is 0 Å². The van der Waals surface area contributed by atoms with E-state index in [1.54, 1.807) is 0 Å². The van der Waals surface area contributed by atoms with E-state index in [-0.39, 0.29) is 12.5 Å². The molecule has 0 aromatic rings. The number of hydrogen-bond donors (Lipinski definition) is 4. The molecule has 0 aliphatic carbocycles. The van der Waals surface area contributed by atoms with Crippen LogP contribution in [0, 0.1) is 0 Å². The Morgan fingerprint density at radius 3 is 1.07 bits per heavy atom. The molecule has 0 aromatic heterocycles. The van der Waals surface area contributed by atoms with Crippen LogP contribution in [0.1, 0.15) is 271 Å². The lowest BCUT2D eigenvalue weighted by Crippen LogP contribution is -2.50. The SMILES string of the molecule is CCCCCC/C=C/CCCC(O)C(O)C(CO)NC(=O)CCCCCCCCCCCCCCCCCCCCCCCCCCCCCCCCC. The van der Waals surface area contributed by atoms with Gasteiger partial charge in [0.25, 0.3) is 0 Å². The summed E-state index contributed by atoms with van der Waals surface area (Å²) in [6.07, 6.45) is 53.7. The molecule has 3 atom stereocenters. The number of rotatable bonds is 45. The average Bonchev–Trinajstić information content (AvgIpc) is 3.18. The Bertz CT molecular complexity index is 758. The van der Waals surface area contributed by atoms with Crippen LogP contribution < -0.4 is 5.32 Å². The Balaban J connectivity index is 3.43. The van der Waals surface area contributed by atoms with E-state index < -0.39 is 18.2 Å². The highest BCUT2D eigenvalue weighted by atomic mass is 16.3. The molecule has 54 heavy (non-hydrogen) atoms. The predicted octanol–water partition coefficient (Wildman–Crippen LogP) is 14.4. The van der Waals surface area contributed by atoms with E-state index in [4.69, 9.17) is 0 Å². The number of aliphatic hydroxyl groups excluding tert-OH is 3. The summed E-state index contributed by atoms with van der Waals surface area (Å²) in [6, 6.07) is -0.819. The quantitative estimate of drug-likeness (QED) is 0.0367. The van der Waals surface area contributed by atoms with Crippen molar-refractivity contribution in [1.82, 2.24) is 5.32 Å². The minimum Gasteiger partial charge on any atom is -0.394 e. The second-order valence-electron chi connectivity index (χ2n) is 17.0. The van der Waals surface area contributed by atoms with Crippen molar-refractivity contribution in [3.63, 3.8) is 0 Å². The highest BCUT2D eigenvalue weighted by molar-refractivity contribution is 5.76. The molecule has 4 N–H and O–H groups in total. The maximum absolute atomic E-state index is 12.4. The van der Waals surface area contributed by atoms with Crippen LogP contribution in [0.3, 0.4) is 0 Å². The zero-order valence-corrected chi connectivity index (χ0v) is 36.6. The average molecular weight is 764 g/mol. The highest BCUT2D eigenvalue weighted by Crippen LogP contribution is 2.17. The lowest BCUT2D eigenvalue weighted by Gasteiger charge is -2.26. The predicted molar refractivity (Wildman–Crippen MR) is 236 cm³/mol. The Morgan fingerprint density at radius 2 is 0.741 bits per heavy atom. The van der Waals surface area contributed by atoms with Gasteiger partial charge in [-0.3, -0.25) is 4.79 Å². The van der Waals surface area contributed by atoms with E-state index in [1.165, 1.54) is 205 Å². The molecule has 5 nitrogen and oxygen atoms in total. The topological polar surface area (TPSA) is 89.8 Å². The maximum Gasteiger partial charge on any atom is 0.220 e. The Hall–Kier alpha value is -0.910. The number of amides is 1. The molecule has 0 saturated heterocycles. The van der Waals surface area contributed by atoms with Crippen LogP contribution in [0.4, 0.5) is 0 Å². The summed E-state index contributed by atoms with van der Waals surface area (Å²) in [4.78, 5) is 12.4. The van der Waals surface area contributed by atoms with Gasteiger partial charge in [0.15, 0.2) is 0 Å². The van der Waals surface area contributed by atoms with Crippen molar-refractivity contribution in [2.75, 3.05) is 6.61 Å². The molecule has 0 aliphatic heterocycles. The van der Waals surface area contributed by atoms with E-state index >= 15 is 0 Å². The zero-order chi connectivity index (χ0) is 39.4. The number of nitrogens with one attached hydrogen (secondary N) is 1. The van der Waals surface area contributed by atoms with Crippen molar-refractivity contribution in [2.24, 2.45) is 0 Å². The van der Waals surface area contributed by atoms with Crippen molar-refractivity contribution in [1.29, 1.82) is 0 Å². The smallest absolute Gasteiger partial charge is 0.220 e. The van der Waals surface area contributed by atoms with Crippen LogP contribution in [0.5, 0.6) is 0 Å². The van der Waals surface area contributed by atoms with E-state index in [9.17, 15) is 20.1 Å². The minimum absolute atomic E-state index is 0.151. The molecule has 3 unspecified atom stereocenters. The number of hydrogen-bond acceptors (Lipinski definition) is 4. The standard InChI is InChI=1S/C49H97NO4/c1-3-5-7-9-11-13-14-15-16-17-18-19-20-21-22-23-24-25-26-27-28-29-30-31-32-33-34-36-38-40-42-44-48(53)50-46(45-51)49(54)47(52)43-41-39-37-35-12-10-8-6-4-2/h35,37,46-47,49,51-52,54H,3-34,36,38-45H2,1-2H3,(H,50,53)/b37-35+. The molecule has 0 aliphatic rings. The van der Waals surface area contributed by atoms with E-state index in [0.29, 0.717) is 12.8 Å². The van der Waals surface area contributed by atoms with Crippen molar-refractivity contribution < 1.29 is 20.1 Å². The van der Waals surface area contributed by atoms with Gasteiger partial charge >= 0.3 is 0 Å². The third-order valence-electron chi connectivity index (χ3n) is 11.6. The number of carbonyl (C=O) groups is 1. The van der Waals surface area contributed by atoms with Crippen LogP contribution in [0.25, 0.3) is 0 Å². The summed E-state index contributed by atoms with van der Waals surface area (Å²) >= 11 is 0. The van der Waals surface area contributed by atoms with E-state index in [0.717, 1.165) is 38.5 Å². The van der Waals surface area contributed by atoms with Crippen LogP contribution in [-0.4, -0.2) is 46.1 Å². The number of carbonyl (C=O) groups excluding carboxylic acids is 1. The first-order valence-electron chi connectivity index (χ1n) is 24.5. The fourth-order valence-electron chi connectivity index (χ4n) is 7.81. The first-order chi connectivity index (χ1) is 26.6. The lowest BCUT2D eigenvalue weighted by atomic mass is 10.0. The van der Waals surface area contributed by atoms with Crippen LogP contribution in [0.15, 0.2) is 12.2 Å². The summed E-state index contributed by atoms with van der Waals surface area (Å²) in [5.74, 6) is -0.151. The Morgan fingerprint density at radius 1 is 0.444 bits per heavy atom. The van der Waals surface area contributed by atoms with E-state index in [2.05, 4.69) is 31.3 Å². The first kappa shape index (κ1) is 53.1. The molecule has 5 heteroatoms. The van der Waals surface area contributed by atoms with Crippen LogP contribution in [-0.2, 0) is 4.79 Å². The van der Waals surface area contributed by atoms with Gasteiger partial charge in [-0.15, -0.1) is 0 Å². The van der Waals surface area contributed by atoms with Gasteiger partial charge < -0.3 is 20.6 Å². The monoisotopic (exact) mass is 764 g/mol. The fraction of sp³-hybridized carbons (Fsp3) is 0.939. The zero-order valence-electron chi connectivity index (χ0n) is 36.6. The van der Waals surface area contributed by atoms with Gasteiger partial charge in [-0.2, -0.15) is 0 Å². The molecular weight excluding hydrogens is 667 g/mol. The molecule has 1 amide bonds. The second kappa shape index (κ2) is 44.8. The number of allylic oxidation sites excluding steroid dienone is 2. The third-order valence-corrected chi connectivity index (χ3v) is 11.6. The maximum atomic E-state index is 12.4. The highest BCUT2D eigenvalue weighted by Gasteiger charge is 2.26. The molecule has 0 fully saturated rings. The molecule has 0 heterocycles. The summed E-state index contributed by atoms with van der Waals surface area (Å²) in [6.45, 7) is 4.14. The molecular formula is C49H97NO4. The minimum atomic E-state index is -1.15. The molecule has 0 aromatic carbocycles. The summed E-state index contributed by atoms with van der Waals surface area (Å²) in [5.41, 5.74) is 0. The van der Waals surface area contributed by atoms with Crippen molar-refractivity contribution in [3.8, 4) is 0 Å². The molecule has 0 bridgehead atoms. The first-order valence-corrected chi connectivity index (χ1v) is 24.5. The number of unbranched alkanes of at least 4 members (excludes halogenated alkanes) is 35. The normalized spacial score (nSPS) is 13.5. The van der Waals surface area contributed by atoms with Crippen molar-refractivity contribution in [2.45, 2.75) is 289 Å². The molecule has 0 spiro atoms. The molecule has 0 rings (SSSR count). The van der Waals surface area contributed by atoms with Crippen molar-refractivity contribution >= 4 is 5.91 Å². The molecule has 322 valence electrons. The number of aliphatic hydroxyl groups is 3. The van der Waals surface area contributed by atoms with Crippen LogP contribution in [0.2, 0.25) is 0 Å². The largest absolute Gasteiger partial charge is 0.394 e. The van der Waals surface area contributed by atoms with Gasteiger partial charge in [-0.1, -0.05) is 238 Å².